The maximum absolute atomic E-state index is 13.1. The number of carboxylic acids is 1. The number of H-pyrrole nitrogens is 1. The maximum Gasteiger partial charge on any atom is 0.327 e. The lowest BCUT2D eigenvalue weighted by Crippen LogP contribution is -2.58. The summed E-state index contributed by atoms with van der Waals surface area (Å²) >= 11 is 3.86. The van der Waals surface area contributed by atoms with Crippen LogP contribution in [0.3, 0.4) is 0 Å². The lowest BCUT2D eigenvalue weighted by molar-refractivity contribution is -0.141. The molecule has 200 valence electrons. The fraction of sp³-hybridized carbons (Fsp3) is 0.364. The van der Waals surface area contributed by atoms with E-state index in [1.807, 2.05) is 0 Å². The molecule has 0 bridgehead atoms. The monoisotopic (exact) mass is 535 g/mol. The molecule has 37 heavy (non-hydrogen) atoms. The van der Waals surface area contributed by atoms with E-state index in [1.165, 1.54) is 24.7 Å². The number of aliphatic carboxylic acids is 1. The summed E-state index contributed by atoms with van der Waals surface area (Å²) in [6, 6.07) is 0.890. The number of imidazole rings is 1. The Morgan fingerprint density at radius 3 is 2.08 bits per heavy atom. The third-order valence-electron chi connectivity index (χ3n) is 5.18. The maximum atomic E-state index is 13.1. The Hall–Kier alpha value is -4.11. The second-order valence-corrected chi connectivity index (χ2v) is 8.50. The van der Waals surface area contributed by atoms with Gasteiger partial charge in [-0.25, -0.2) is 9.78 Å². The van der Waals surface area contributed by atoms with Crippen molar-refractivity contribution in [3.63, 3.8) is 0 Å². The van der Waals surface area contributed by atoms with Gasteiger partial charge in [0.05, 0.1) is 18.8 Å². The van der Waals surface area contributed by atoms with Crippen molar-refractivity contribution in [3.8, 4) is 5.75 Å². The minimum Gasteiger partial charge on any atom is -0.508 e. The zero-order chi connectivity index (χ0) is 27.5. The van der Waals surface area contributed by atoms with Crippen molar-refractivity contribution in [1.29, 1.82) is 0 Å². The summed E-state index contributed by atoms with van der Waals surface area (Å²) in [5, 5.41) is 25.6. The molecule has 1 aromatic carbocycles. The zero-order valence-corrected chi connectivity index (χ0v) is 20.5. The summed E-state index contributed by atoms with van der Waals surface area (Å²) in [7, 11) is 0. The second-order valence-electron chi connectivity index (χ2n) is 8.13. The minimum absolute atomic E-state index is 0.0525. The van der Waals surface area contributed by atoms with Crippen LogP contribution in [0.25, 0.3) is 0 Å². The number of aromatic hydroxyl groups is 1. The van der Waals surface area contributed by atoms with E-state index in [4.69, 9.17) is 16.6 Å². The molecule has 0 aliphatic heterocycles. The molecule has 1 heterocycles. The van der Waals surface area contributed by atoms with E-state index < -0.39 is 60.2 Å². The number of hydrogen-bond donors (Lipinski definition) is 9. The first kappa shape index (κ1) is 29.1. The highest BCUT2D eigenvalue weighted by Gasteiger charge is 2.31. The number of nitrogens with one attached hydrogen (secondary N) is 4. The van der Waals surface area contributed by atoms with Crippen LogP contribution in [0.1, 0.15) is 17.7 Å². The fourth-order valence-corrected chi connectivity index (χ4v) is 3.47. The number of hydrogen-bond acceptors (Lipinski definition) is 9. The molecule has 4 amide bonds. The molecule has 4 atom stereocenters. The summed E-state index contributed by atoms with van der Waals surface area (Å²) in [4.78, 5) is 67.9. The fourth-order valence-electron chi connectivity index (χ4n) is 3.22. The number of amides is 4. The molecular formula is C22H29N7O7S. The van der Waals surface area contributed by atoms with Crippen LogP contribution in [0.15, 0.2) is 36.8 Å². The van der Waals surface area contributed by atoms with Crippen LogP contribution < -0.4 is 27.4 Å². The minimum atomic E-state index is -1.52. The van der Waals surface area contributed by atoms with Crippen LogP contribution in [-0.4, -0.2) is 79.7 Å². The molecular weight excluding hydrogens is 506 g/mol. The van der Waals surface area contributed by atoms with E-state index in [9.17, 15) is 29.1 Å². The van der Waals surface area contributed by atoms with E-state index in [2.05, 4.69) is 38.5 Å². The zero-order valence-electron chi connectivity index (χ0n) is 19.6. The van der Waals surface area contributed by atoms with Crippen molar-refractivity contribution in [2.75, 3.05) is 5.75 Å². The van der Waals surface area contributed by atoms with Gasteiger partial charge < -0.3 is 42.6 Å². The first-order chi connectivity index (χ1) is 17.5. The van der Waals surface area contributed by atoms with Gasteiger partial charge in [0.25, 0.3) is 0 Å². The van der Waals surface area contributed by atoms with E-state index >= 15 is 0 Å². The van der Waals surface area contributed by atoms with E-state index in [-0.39, 0.29) is 24.3 Å². The molecule has 0 fully saturated rings. The number of rotatable bonds is 14. The van der Waals surface area contributed by atoms with Crippen molar-refractivity contribution in [3.05, 3.63) is 48.0 Å². The highest BCUT2D eigenvalue weighted by atomic mass is 32.1. The van der Waals surface area contributed by atoms with Crippen molar-refractivity contribution in [2.45, 2.75) is 43.4 Å². The number of nitrogens with two attached hydrogens (primary N) is 2. The third kappa shape index (κ3) is 9.46. The average molecular weight is 536 g/mol. The molecule has 0 saturated heterocycles. The Kier molecular flexibility index (Phi) is 10.9. The summed E-state index contributed by atoms with van der Waals surface area (Å²) < 4.78 is 0. The number of thiol groups is 1. The number of aromatic amines is 1. The Labute approximate surface area is 217 Å². The van der Waals surface area contributed by atoms with Crippen molar-refractivity contribution in [1.82, 2.24) is 25.9 Å². The Balaban J connectivity index is 2.16. The number of aromatic nitrogens is 2. The Bertz CT molecular complexity index is 1100. The molecule has 1 aromatic heterocycles. The third-order valence-corrected chi connectivity index (χ3v) is 5.54. The first-order valence-corrected chi connectivity index (χ1v) is 11.7. The van der Waals surface area contributed by atoms with E-state index in [0.717, 1.165) is 0 Å². The lowest BCUT2D eigenvalue weighted by atomic mass is 10.0. The van der Waals surface area contributed by atoms with Gasteiger partial charge in [0.15, 0.2) is 0 Å². The quantitative estimate of drug-likeness (QED) is 0.117. The number of primary amides is 1. The summed E-state index contributed by atoms with van der Waals surface area (Å²) in [6.07, 6.45) is 2.22. The van der Waals surface area contributed by atoms with Crippen LogP contribution in [0.4, 0.5) is 0 Å². The van der Waals surface area contributed by atoms with Gasteiger partial charge in [-0.3, -0.25) is 19.2 Å². The van der Waals surface area contributed by atoms with Crippen molar-refractivity contribution in [2.24, 2.45) is 11.5 Å². The van der Waals surface area contributed by atoms with Gasteiger partial charge in [-0.15, -0.1) is 0 Å². The number of nitrogens with zero attached hydrogens (tertiary/aromatic N) is 1. The summed E-state index contributed by atoms with van der Waals surface area (Å²) in [5.74, 6) is -4.97. The van der Waals surface area contributed by atoms with Gasteiger partial charge in [-0.05, 0) is 24.1 Å². The Morgan fingerprint density at radius 2 is 1.54 bits per heavy atom. The molecule has 4 unspecified atom stereocenters. The van der Waals surface area contributed by atoms with Crippen LogP contribution in [0.2, 0.25) is 0 Å². The molecule has 0 radical (unpaired) electrons. The van der Waals surface area contributed by atoms with Gasteiger partial charge in [0.1, 0.15) is 23.9 Å². The largest absolute Gasteiger partial charge is 0.508 e. The Morgan fingerprint density at radius 1 is 0.946 bits per heavy atom. The van der Waals surface area contributed by atoms with E-state index in [1.54, 1.807) is 12.1 Å². The predicted molar refractivity (Wildman–Crippen MR) is 133 cm³/mol. The number of carboxylic acid groups (broad SMARTS) is 1. The molecule has 2 aromatic rings. The molecule has 10 N–H and O–H groups in total. The first-order valence-electron chi connectivity index (χ1n) is 11.0. The molecule has 0 aliphatic rings. The highest BCUT2D eigenvalue weighted by Crippen LogP contribution is 2.11. The normalized spacial score (nSPS) is 14.0. The topological polar surface area (TPSA) is 243 Å². The molecule has 2 rings (SSSR count). The van der Waals surface area contributed by atoms with Crippen LogP contribution in [0.5, 0.6) is 5.75 Å². The van der Waals surface area contributed by atoms with E-state index in [0.29, 0.717) is 11.3 Å². The SMILES string of the molecule is NC(=O)CC(NC(=O)C(Cc1cnc[nH]1)NC(=O)C(N)Cc1ccc(O)cc1)C(=O)NC(CS)C(=O)O. The summed E-state index contributed by atoms with van der Waals surface area (Å²) in [5.41, 5.74) is 12.4. The number of carbonyl (C=O) groups excluding carboxylic acids is 4. The summed E-state index contributed by atoms with van der Waals surface area (Å²) in [6.45, 7) is 0. The van der Waals surface area contributed by atoms with Crippen LogP contribution >= 0.6 is 12.6 Å². The predicted octanol–water partition coefficient (Wildman–Crippen LogP) is -2.43. The highest BCUT2D eigenvalue weighted by molar-refractivity contribution is 7.80. The van der Waals surface area contributed by atoms with Crippen LogP contribution in [-0.2, 0) is 36.8 Å². The van der Waals surface area contributed by atoms with Crippen molar-refractivity contribution < 1.29 is 34.2 Å². The number of phenols is 1. The van der Waals surface area contributed by atoms with Gasteiger partial charge in [-0.1, -0.05) is 12.1 Å². The van der Waals surface area contributed by atoms with Crippen molar-refractivity contribution >= 4 is 42.2 Å². The lowest BCUT2D eigenvalue weighted by Gasteiger charge is -2.24. The molecule has 0 aliphatic carbocycles. The van der Waals surface area contributed by atoms with Crippen LogP contribution in [0, 0.1) is 0 Å². The van der Waals surface area contributed by atoms with Gasteiger partial charge >= 0.3 is 5.97 Å². The smallest absolute Gasteiger partial charge is 0.327 e. The number of phenolic OH excluding ortho intramolecular Hbond substituents is 1. The average Bonchev–Trinajstić information content (AvgIpc) is 3.35. The van der Waals surface area contributed by atoms with Gasteiger partial charge in [-0.2, -0.15) is 12.6 Å². The van der Waals surface area contributed by atoms with Gasteiger partial charge in [0, 0.05) is 24.1 Å². The molecule has 0 spiro atoms. The molecule has 0 saturated carbocycles. The number of carbonyl (C=O) groups is 5. The number of benzene rings is 1. The standard InChI is InChI=1S/C22H29N7O7S/c23-14(5-11-1-3-13(30)4-2-11)19(32)27-15(6-12-8-25-10-26-12)20(33)28-16(7-18(24)31)21(34)29-17(9-37)22(35)36/h1-4,8,10,14-17,30,37H,5-7,9,23H2,(H2,24,31)(H,25,26)(H,27,32)(H,28,33)(H,29,34)(H,35,36). The molecule has 15 heteroatoms. The second kappa shape index (κ2) is 13.8. The van der Waals surface area contributed by atoms with Gasteiger partial charge in [0.2, 0.25) is 23.6 Å². The molecule has 14 nitrogen and oxygen atoms in total.